The van der Waals surface area contributed by atoms with Gasteiger partial charge < -0.3 is 0 Å². The lowest BCUT2D eigenvalue weighted by atomic mass is 26.2. The molecule has 0 aliphatic carbocycles. The van der Waals surface area contributed by atoms with Crippen molar-refractivity contribution in [1.82, 2.24) is 0 Å². The molecule has 0 radical (unpaired) electrons. The van der Waals surface area contributed by atoms with E-state index in [1.165, 1.54) is 16.3 Å². The van der Waals surface area contributed by atoms with Gasteiger partial charge in [-0.25, -0.2) is 0 Å². The molecule has 1 rings (SSSR count). The average molecular weight is 118 g/mol. The van der Waals surface area contributed by atoms with Crippen LogP contribution in [-0.2, 0) is 0 Å². The van der Waals surface area contributed by atoms with Crippen molar-refractivity contribution in [2.24, 2.45) is 0 Å². The molecule has 0 aromatic carbocycles. The summed E-state index contributed by atoms with van der Waals surface area (Å²) in [5, 5.41) is 0. The molecule has 0 aromatic heterocycles. The highest BCUT2D eigenvalue weighted by molar-refractivity contribution is 7.62. The molecule has 0 saturated heterocycles. The first-order valence-electron chi connectivity index (χ1n) is 1.65. The lowest BCUT2D eigenvalue weighted by molar-refractivity contribution is 3.89. The van der Waals surface area contributed by atoms with Gasteiger partial charge in [-0.15, -0.1) is 0 Å². The Morgan fingerprint density at radius 1 is 1.00 bits per heavy atom. The Balaban J connectivity index is 2.47. The van der Waals surface area contributed by atoms with Crippen molar-refractivity contribution < 1.29 is 0 Å². The molecule has 0 saturated carbocycles. The third-order valence-corrected chi connectivity index (χ3v) is 54.0. The first kappa shape index (κ1) is 3.07. The van der Waals surface area contributed by atoms with E-state index < -0.39 is 0 Å². The van der Waals surface area contributed by atoms with Crippen molar-refractivity contribution >= 4 is 33.4 Å². The number of rotatable bonds is 0. The van der Waals surface area contributed by atoms with Gasteiger partial charge in [-0.3, -0.25) is 0 Å². The third-order valence-electron chi connectivity index (χ3n) is 0.667. The van der Waals surface area contributed by atoms with Crippen LogP contribution >= 0.6 is 0 Å². The van der Waals surface area contributed by atoms with Crippen molar-refractivity contribution in [2.75, 3.05) is 0 Å². The van der Waals surface area contributed by atoms with Crippen LogP contribution in [-0.4, -0.2) is 33.4 Å². The van der Waals surface area contributed by atoms with Gasteiger partial charge in [0, 0.05) is 17.1 Å². The Kier molecular flexibility index (Phi) is 1.03. The van der Waals surface area contributed by atoms with Gasteiger partial charge in [0.15, 0.2) is 0 Å². The van der Waals surface area contributed by atoms with E-state index in [9.17, 15) is 0 Å². The fourth-order valence-corrected chi connectivity index (χ4v) is 13.5. The quantitative estimate of drug-likeness (QED) is 0.295. The van der Waals surface area contributed by atoms with Crippen LogP contribution in [0.25, 0.3) is 0 Å². The molecule has 0 nitrogen and oxygen atoms in total. The summed E-state index contributed by atoms with van der Waals surface area (Å²) in [6, 6.07) is 0. The second-order valence-electron chi connectivity index (χ2n) is 1.05. The van der Waals surface area contributed by atoms with E-state index in [1.807, 2.05) is 0 Å². The molecule has 1 aliphatic rings. The summed E-state index contributed by atoms with van der Waals surface area (Å²) in [7, 11) is 4.22. The van der Waals surface area contributed by atoms with Crippen molar-refractivity contribution in [1.29, 1.82) is 0 Å². The van der Waals surface area contributed by atoms with Gasteiger partial charge in [0.05, 0.1) is 0 Å². The molecule has 0 bridgehead atoms. The minimum Gasteiger partial charge on any atom is -0.0541 e. The van der Waals surface area contributed by atoms with E-state index in [0.717, 1.165) is 17.1 Å². The average Bonchev–Trinajstić information content (AvgIpc) is 0.722. The molecule has 22 valence electrons. The van der Waals surface area contributed by atoms with Gasteiger partial charge in [0.25, 0.3) is 0 Å². The summed E-state index contributed by atoms with van der Waals surface area (Å²) < 4.78 is 0. The first-order chi connectivity index (χ1) is 2.00. The van der Waals surface area contributed by atoms with Crippen LogP contribution in [0.5, 0.6) is 0 Å². The zero-order chi connectivity index (χ0) is 2.83. The van der Waals surface area contributed by atoms with E-state index >= 15 is 0 Å². The normalized spacial score (nSPS) is 32.0. The number of hydrogen-bond acceptors (Lipinski definition) is 0. The van der Waals surface area contributed by atoms with Gasteiger partial charge in [-0.05, 0) is 0 Å². The summed E-state index contributed by atoms with van der Waals surface area (Å²) >= 11 is 0. The van der Waals surface area contributed by atoms with Crippen LogP contribution in [0.15, 0.2) is 0 Å². The molecular formula is H6Si4. The van der Waals surface area contributed by atoms with Crippen LogP contribution < -0.4 is 0 Å². The van der Waals surface area contributed by atoms with E-state index in [1.54, 1.807) is 0 Å². The maximum atomic E-state index is 1.25. The van der Waals surface area contributed by atoms with E-state index in [-0.39, 0.29) is 0 Å². The number of hydrogen-bond donors (Lipinski definition) is 0. The predicted molar refractivity (Wildman–Crippen MR) is 31.4 cm³/mol. The summed E-state index contributed by atoms with van der Waals surface area (Å²) in [5.74, 6) is 0. The largest absolute Gasteiger partial charge is 0.0541 e. The fraction of sp³-hybridized carbons (Fsp3) is 0. The maximum absolute atomic E-state index is 1.25. The lowest BCUT2D eigenvalue weighted by Crippen LogP contribution is -2.24. The van der Waals surface area contributed by atoms with Gasteiger partial charge in [0.2, 0.25) is 0 Å². The molecule has 1 aliphatic heterocycles. The predicted octanol–water partition coefficient (Wildman–Crippen LogP) is -3.13. The highest BCUT2D eigenvalue weighted by Gasteiger charge is 1.85. The molecule has 0 amide bonds. The van der Waals surface area contributed by atoms with Gasteiger partial charge in [-0.2, -0.15) is 0 Å². The third kappa shape index (κ3) is 0.422. The van der Waals surface area contributed by atoms with Gasteiger partial charge >= 0.3 is 0 Å². The van der Waals surface area contributed by atoms with Gasteiger partial charge in [-0.1, -0.05) is 16.3 Å². The highest BCUT2D eigenvalue weighted by atomic mass is 30.0. The molecular weight excluding hydrogens is 112 g/mol. The molecule has 0 atom stereocenters. The molecule has 0 N–H and O–H groups in total. The Bertz CT molecular complexity index is 29.3. The van der Waals surface area contributed by atoms with Crippen molar-refractivity contribution in [3.05, 3.63) is 0 Å². The SMILES string of the molecule is [SiH]1=[SiH][SiH2][SiH2]1. The Morgan fingerprint density at radius 2 is 1.25 bits per heavy atom. The second kappa shape index (κ2) is 1.34. The second-order valence-corrected chi connectivity index (χ2v) is 28.3. The molecule has 0 spiro atoms. The zero-order valence-corrected chi connectivity index (χ0v) is 7.71. The van der Waals surface area contributed by atoms with Crippen LogP contribution in [0.1, 0.15) is 0 Å². The standard InChI is InChI=1S/H6Si4/c1-2-4-3-1/h1-2H,3-4H2. The summed E-state index contributed by atoms with van der Waals surface area (Å²) in [5.41, 5.74) is 0. The van der Waals surface area contributed by atoms with Crippen LogP contribution in [0, 0.1) is 0 Å². The van der Waals surface area contributed by atoms with Crippen LogP contribution in [0.3, 0.4) is 0 Å². The minimum absolute atomic E-state index is 0.864. The topological polar surface area (TPSA) is 0 Å². The van der Waals surface area contributed by atoms with E-state index in [2.05, 4.69) is 0 Å². The Hall–Kier alpha value is 0.868. The monoisotopic (exact) mass is 118 g/mol. The zero-order valence-electron chi connectivity index (χ0n) is 2.57. The van der Waals surface area contributed by atoms with Crippen LogP contribution in [0.2, 0.25) is 0 Å². The van der Waals surface area contributed by atoms with Crippen molar-refractivity contribution in [2.45, 2.75) is 0 Å². The molecule has 0 fully saturated rings. The summed E-state index contributed by atoms with van der Waals surface area (Å²) in [6.45, 7) is 0. The summed E-state index contributed by atoms with van der Waals surface area (Å²) in [6.07, 6.45) is 0. The summed E-state index contributed by atoms with van der Waals surface area (Å²) in [4.78, 5) is 0. The molecule has 1 heterocycles. The molecule has 0 unspecified atom stereocenters. The van der Waals surface area contributed by atoms with E-state index in [4.69, 9.17) is 0 Å². The van der Waals surface area contributed by atoms with Gasteiger partial charge in [0.1, 0.15) is 0 Å². The lowest BCUT2D eigenvalue weighted by Gasteiger charge is -1.88. The first-order valence-corrected chi connectivity index (χ1v) is 14.8. The van der Waals surface area contributed by atoms with Crippen molar-refractivity contribution in [3.8, 4) is 0 Å². The highest BCUT2D eigenvalue weighted by Crippen LogP contribution is 1.48. The molecule has 4 heavy (non-hydrogen) atoms. The van der Waals surface area contributed by atoms with E-state index in [0.29, 0.717) is 0 Å². The Labute approximate surface area is 34.0 Å². The Morgan fingerprint density at radius 3 is 1.25 bits per heavy atom. The fourth-order valence-electron chi connectivity index (χ4n) is 0.167. The smallest absolute Gasteiger partial charge is 0.0123 e. The minimum atomic E-state index is 0.864. The van der Waals surface area contributed by atoms with Crippen molar-refractivity contribution in [3.63, 3.8) is 0 Å². The molecule has 0 aromatic rings. The maximum Gasteiger partial charge on any atom is 0.0123 e. The molecule has 4 heteroatoms. The van der Waals surface area contributed by atoms with Crippen LogP contribution in [0.4, 0.5) is 0 Å².